The number of pyridine rings is 1. The lowest BCUT2D eigenvalue weighted by molar-refractivity contribution is -0.384. The van der Waals surface area contributed by atoms with Crippen LogP contribution in [0.3, 0.4) is 0 Å². The number of hydrogen-bond donors (Lipinski definition) is 2. The van der Waals surface area contributed by atoms with Crippen LogP contribution in [-0.2, 0) is 11.3 Å². The molecule has 1 aromatic carbocycles. The van der Waals surface area contributed by atoms with Crippen molar-refractivity contribution in [2.75, 3.05) is 0 Å². The third-order valence-electron chi connectivity index (χ3n) is 4.94. The summed E-state index contributed by atoms with van der Waals surface area (Å²) in [6, 6.07) is 8.13. The molecule has 1 aliphatic carbocycles. The number of nitrogens with zero attached hydrogens (tertiary/aromatic N) is 2. The molecule has 1 aliphatic rings. The summed E-state index contributed by atoms with van der Waals surface area (Å²) in [5.41, 5.74) is 0.685. The van der Waals surface area contributed by atoms with E-state index in [1.807, 2.05) is 6.07 Å². The zero-order chi connectivity index (χ0) is 21.5. The smallest absolute Gasteiger partial charge is 0.270 e. The Morgan fingerprint density at radius 1 is 1.27 bits per heavy atom. The lowest BCUT2D eigenvalue weighted by atomic mass is 10.1. The molecule has 9 heteroatoms. The van der Waals surface area contributed by atoms with Crippen molar-refractivity contribution in [2.45, 2.75) is 51.3 Å². The number of nitro groups is 1. The maximum Gasteiger partial charge on any atom is 0.270 e. The van der Waals surface area contributed by atoms with Crippen LogP contribution in [0.5, 0.6) is 5.88 Å². The van der Waals surface area contributed by atoms with Gasteiger partial charge in [0.25, 0.3) is 11.6 Å². The Hall–Kier alpha value is -3.49. The van der Waals surface area contributed by atoms with Crippen LogP contribution >= 0.6 is 0 Å². The summed E-state index contributed by atoms with van der Waals surface area (Å²) in [5.74, 6) is -0.435. The molecule has 0 unspecified atom stereocenters. The molecule has 0 bridgehead atoms. The van der Waals surface area contributed by atoms with E-state index in [9.17, 15) is 19.7 Å². The lowest BCUT2D eigenvalue weighted by Gasteiger charge is -2.17. The highest BCUT2D eigenvalue weighted by Gasteiger charge is 2.20. The molecule has 158 valence electrons. The minimum atomic E-state index is -0.826. The molecule has 1 saturated carbocycles. The Kier molecular flexibility index (Phi) is 6.95. The number of nitro benzene ring substituents is 1. The number of rotatable bonds is 8. The molecule has 1 fully saturated rings. The fourth-order valence-corrected chi connectivity index (χ4v) is 3.27. The zero-order valence-corrected chi connectivity index (χ0v) is 16.7. The van der Waals surface area contributed by atoms with Crippen molar-refractivity contribution in [2.24, 2.45) is 0 Å². The average molecular weight is 412 g/mol. The zero-order valence-electron chi connectivity index (χ0n) is 16.7. The predicted octanol–water partition coefficient (Wildman–Crippen LogP) is 2.75. The SMILES string of the molecule is C[C@H](NC(=O)c1cccc([N+](=O)[O-])c1)C(=O)NCc1cccnc1OC1CCCC1. The molecule has 0 radical (unpaired) electrons. The average Bonchev–Trinajstić information content (AvgIpc) is 3.26. The Morgan fingerprint density at radius 3 is 2.77 bits per heavy atom. The van der Waals surface area contributed by atoms with Gasteiger partial charge < -0.3 is 15.4 Å². The van der Waals surface area contributed by atoms with Crippen molar-refractivity contribution in [1.82, 2.24) is 15.6 Å². The highest BCUT2D eigenvalue weighted by molar-refractivity contribution is 5.97. The van der Waals surface area contributed by atoms with Crippen LogP contribution in [0.2, 0.25) is 0 Å². The van der Waals surface area contributed by atoms with E-state index in [2.05, 4.69) is 15.6 Å². The molecular weight excluding hydrogens is 388 g/mol. The lowest BCUT2D eigenvalue weighted by Crippen LogP contribution is -2.44. The summed E-state index contributed by atoms with van der Waals surface area (Å²) in [6.45, 7) is 1.76. The van der Waals surface area contributed by atoms with E-state index in [4.69, 9.17) is 4.74 Å². The van der Waals surface area contributed by atoms with Gasteiger partial charge in [0.05, 0.1) is 4.92 Å². The molecule has 0 aliphatic heterocycles. The summed E-state index contributed by atoms with van der Waals surface area (Å²) < 4.78 is 5.96. The monoisotopic (exact) mass is 412 g/mol. The number of non-ortho nitro benzene ring substituents is 1. The van der Waals surface area contributed by atoms with Crippen molar-refractivity contribution in [3.63, 3.8) is 0 Å². The van der Waals surface area contributed by atoms with Crippen LogP contribution in [0.25, 0.3) is 0 Å². The van der Waals surface area contributed by atoms with E-state index in [-0.39, 0.29) is 29.8 Å². The van der Waals surface area contributed by atoms with Crippen molar-refractivity contribution < 1.29 is 19.2 Å². The van der Waals surface area contributed by atoms with Crippen molar-refractivity contribution in [3.8, 4) is 5.88 Å². The summed E-state index contributed by atoms with van der Waals surface area (Å²) in [6.07, 6.45) is 6.10. The highest BCUT2D eigenvalue weighted by Crippen LogP contribution is 2.25. The molecule has 1 aromatic heterocycles. The molecule has 2 N–H and O–H groups in total. The maximum absolute atomic E-state index is 12.4. The van der Waals surface area contributed by atoms with E-state index in [1.54, 1.807) is 19.2 Å². The van der Waals surface area contributed by atoms with Crippen LogP contribution in [0.1, 0.15) is 48.5 Å². The van der Waals surface area contributed by atoms with Gasteiger partial charge in [-0.25, -0.2) is 4.98 Å². The van der Waals surface area contributed by atoms with E-state index in [0.717, 1.165) is 31.2 Å². The fraction of sp³-hybridized carbons (Fsp3) is 0.381. The summed E-state index contributed by atoms with van der Waals surface area (Å²) in [7, 11) is 0. The van der Waals surface area contributed by atoms with Gasteiger partial charge in [-0.3, -0.25) is 19.7 Å². The quantitative estimate of drug-likeness (QED) is 0.508. The van der Waals surface area contributed by atoms with Crippen LogP contribution in [0.15, 0.2) is 42.6 Å². The van der Waals surface area contributed by atoms with Crippen LogP contribution in [-0.4, -0.2) is 33.9 Å². The first-order valence-corrected chi connectivity index (χ1v) is 9.87. The fourth-order valence-electron chi connectivity index (χ4n) is 3.27. The van der Waals surface area contributed by atoms with E-state index < -0.39 is 16.9 Å². The Balaban J connectivity index is 1.55. The molecule has 9 nitrogen and oxygen atoms in total. The van der Waals surface area contributed by atoms with Gasteiger partial charge in [0.1, 0.15) is 12.1 Å². The first-order valence-electron chi connectivity index (χ1n) is 9.87. The molecule has 0 spiro atoms. The van der Waals surface area contributed by atoms with E-state index >= 15 is 0 Å². The van der Waals surface area contributed by atoms with Crippen molar-refractivity contribution in [3.05, 3.63) is 63.8 Å². The van der Waals surface area contributed by atoms with Gasteiger partial charge in [-0.15, -0.1) is 0 Å². The Labute approximate surface area is 174 Å². The van der Waals surface area contributed by atoms with Gasteiger partial charge in [0, 0.05) is 36.0 Å². The number of aromatic nitrogens is 1. The van der Waals surface area contributed by atoms with Gasteiger partial charge in [0.15, 0.2) is 0 Å². The predicted molar refractivity (Wildman–Crippen MR) is 109 cm³/mol. The molecule has 1 atom stereocenters. The molecular formula is C21H24N4O5. The molecule has 1 heterocycles. The second-order valence-corrected chi connectivity index (χ2v) is 7.21. The number of carbonyl (C=O) groups is 2. The van der Waals surface area contributed by atoms with E-state index in [0.29, 0.717) is 5.88 Å². The number of carbonyl (C=O) groups excluding carboxylic acids is 2. The minimum absolute atomic E-state index is 0.114. The van der Waals surface area contributed by atoms with Crippen LogP contribution < -0.4 is 15.4 Å². The van der Waals surface area contributed by atoms with Crippen molar-refractivity contribution >= 4 is 17.5 Å². The van der Waals surface area contributed by atoms with Crippen LogP contribution in [0, 0.1) is 10.1 Å². The second-order valence-electron chi connectivity index (χ2n) is 7.21. The maximum atomic E-state index is 12.4. The number of benzene rings is 1. The number of hydrogen-bond acceptors (Lipinski definition) is 6. The Morgan fingerprint density at radius 2 is 2.03 bits per heavy atom. The number of ether oxygens (including phenoxy) is 1. The molecule has 3 rings (SSSR count). The molecule has 0 saturated heterocycles. The number of amides is 2. The summed E-state index contributed by atoms with van der Waals surface area (Å²) >= 11 is 0. The van der Waals surface area contributed by atoms with Crippen molar-refractivity contribution in [1.29, 1.82) is 0 Å². The number of nitrogens with one attached hydrogen (secondary N) is 2. The first-order chi connectivity index (χ1) is 14.4. The first kappa shape index (κ1) is 21.2. The summed E-state index contributed by atoms with van der Waals surface area (Å²) in [4.78, 5) is 39.3. The highest BCUT2D eigenvalue weighted by atomic mass is 16.6. The van der Waals surface area contributed by atoms with Gasteiger partial charge in [-0.05, 0) is 44.7 Å². The third-order valence-corrected chi connectivity index (χ3v) is 4.94. The molecule has 2 aromatic rings. The normalized spacial score (nSPS) is 14.7. The van der Waals surface area contributed by atoms with Crippen LogP contribution in [0.4, 0.5) is 5.69 Å². The van der Waals surface area contributed by atoms with Gasteiger partial charge in [0.2, 0.25) is 11.8 Å². The van der Waals surface area contributed by atoms with E-state index in [1.165, 1.54) is 24.3 Å². The van der Waals surface area contributed by atoms with Gasteiger partial charge in [-0.1, -0.05) is 12.1 Å². The minimum Gasteiger partial charge on any atom is -0.474 e. The van der Waals surface area contributed by atoms with Gasteiger partial charge >= 0.3 is 0 Å². The molecule has 2 amide bonds. The topological polar surface area (TPSA) is 123 Å². The molecule has 30 heavy (non-hydrogen) atoms. The standard InChI is InChI=1S/C21H24N4O5/c1-14(24-20(27)15-6-4-8-17(12-15)25(28)29)19(26)23-13-16-7-5-11-22-21(16)30-18-9-2-3-10-18/h4-8,11-12,14,18H,2-3,9-10,13H2,1H3,(H,23,26)(H,24,27)/t14-/m0/s1. The second kappa shape index (κ2) is 9.82. The third kappa shape index (κ3) is 5.53. The van der Waals surface area contributed by atoms with Gasteiger partial charge in [-0.2, -0.15) is 0 Å². The summed E-state index contributed by atoms with van der Waals surface area (Å²) in [5, 5.41) is 16.2. The largest absolute Gasteiger partial charge is 0.474 e. The Bertz CT molecular complexity index is 927.